The molecule has 0 bridgehead atoms. The second-order valence-corrected chi connectivity index (χ2v) is 4.68. The molecule has 0 atom stereocenters. The fraction of sp³-hybridized carbons (Fsp3) is 0.385. The van der Waals surface area contributed by atoms with Gasteiger partial charge in [0.25, 0.3) is 5.91 Å². The van der Waals surface area contributed by atoms with Crippen LogP contribution >= 0.6 is 0 Å². The van der Waals surface area contributed by atoms with Gasteiger partial charge in [0.1, 0.15) is 5.82 Å². The number of nitrogens with one attached hydrogen (secondary N) is 2. The number of halogens is 2. The Hall–Kier alpha value is -2.18. The predicted molar refractivity (Wildman–Crippen MR) is 68.8 cm³/mol. The first-order valence-electron chi connectivity index (χ1n) is 6.29. The Balaban J connectivity index is 1.83. The van der Waals surface area contributed by atoms with E-state index in [1.54, 1.807) is 0 Å². The van der Waals surface area contributed by atoms with Gasteiger partial charge in [-0.25, -0.2) is 8.78 Å². The van der Waals surface area contributed by atoms with Crippen molar-refractivity contribution in [3.8, 4) is 0 Å². The summed E-state index contributed by atoms with van der Waals surface area (Å²) in [5, 5.41) is 5.04. The number of carbonyl (C=O) groups is 2. The average molecular weight is 283 g/mol. The highest BCUT2D eigenvalue weighted by Crippen LogP contribution is 2.28. The smallest absolute Gasteiger partial charge is 0.254 e. The molecule has 1 aliphatic rings. The van der Waals surface area contributed by atoms with Crippen molar-refractivity contribution in [3.63, 3.8) is 0 Å². The molecule has 1 aliphatic carbocycles. The highest BCUT2D eigenvalue weighted by molar-refractivity contribution is 5.95. The van der Waals surface area contributed by atoms with Crippen LogP contribution in [0.1, 0.15) is 23.2 Å². The Labute approximate surface area is 114 Å². The number of anilines is 1. The zero-order chi connectivity index (χ0) is 14.7. The average Bonchev–Trinajstić information content (AvgIpc) is 3.22. The van der Waals surface area contributed by atoms with Crippen LogP contribution in [0.4, 0.5) is 14.5 Å². The van der Waals surface area contributed by atoms with E-state index < -0.39 is 28.8 Å². The molecule has 1 aromatic carbocycles. The summed E-state index contributed by atoms with van der Waals surface area (Å²) in [6.07, 6.45) is 1.79. The number of carbonyl (C=O) groups excluding carboxylic acids is 2. The molecule has 0 aromatic heterocycles. The van der Waals surface area contributed by atoms with Gasteiger partial charge in [0.15, 0.2) is 5.82 Å². The highest BCUT2D eigenvalue weighted by atomic mass is 19.1. The molecule has 0 unspecified atom stereocenters. The number of hydrogen-bond acceptors (Lipinski definition) is 3. The van der Waals surface area contributed by atoms with Gasteiger partial charge in [0, 0.05) is 19.0 Å². The Morgan fingerprint density at radius 2 is 1.85 bits per heavy atom. The summed E-state index contributed by atoms with van der Waals surface area (Å²) in [4.78, 5) is 23.0. The van der Waals surface area contributed by atoms with Crippen LogP contribution in [0.2, 0.25) is 0 Å². The summed E-state index contributed by atoms with van der Waals surface area (Å²) in [5.74, 6) is -2.46. The zero-order valence-corrected chi connectivity index (χ0v) is 10.7. The minimum Gasteiger partial charge on any atom is -0.396 e. The third-order valence-electron chi connectivity index (χ3n) is 2.97. The van der Waals surface area contributed by atoms with Gasteiger partial charge in [-0.3, -0.25) is 9.59 Å². The van der Waals surface area contributed by atoms with Crippen molar-refractivity contribution in [2.75, 3.05) is 18.8 Å². The van der Waals surface area contributed by atoms with Crippen molar-refractivity contribution in [1.82, 2.24) is 10.6 Å². The first kappa shape index (κ1) is 14.2. The second-order valence-electron chi connectivity index (χ2n) is 4.68. The molecule has 0 heterocycles. The fourth-order valence-electron chi connectivity index (χ4n) is 1.72. The molecular formula is C13H15F2N3O2. The molecule has 0 radical (unpaired) electrons. The summed E-state index contributed by atoms with van der Waals surface area (Å²) in [5.41, 5.74) is 4.37. The van der Waals surface area contributed by atoms with E-state index in [9.17, 15) is 18.4 Å². The molecular weight excluding hydrogens is 268 g/mol. The zero-order valence-electron chi connectivity index (χ0n) is 10.7. The maximum atomic E-state index is 13.6. The standard InChI is InChI=1S/C13H15F2N3O2/c14-8-5-9(11(15)10(16)6-8)13(20)18-4-3-17-12(19)7-1-2-7/h5-7H,1-4,16H2,(H,17,19)(H,18,20). The molecule has 5 nitrogen and oxygen atoms in total. The molecule has 7 heteroatoms. The van der Waals surface area contributed by atoms with Gasteiger partial charge in [0.2, 0.25) is 5.91 Å². The third kappa shape index (κ3) is 3.43. The number of amides is 2. The van der Waals surface area contributed by atoms with Gasteiger partial charge in [-0.2, -0.15) is 0 Å². The van der Waals surface area contributed by atoms with Crippen LogP contribution in [-0.4, -0.2) is 24.9 Å². The van der Waals surface area contributed by atoms with Gasteiger partial charge in [-0.1, -0.05) is 0 Å². The van der Waals surface area contributed by atoms with Gasteiger partial charge >= 0.3 is 0 Å². The van der Waals surface area contributed by atoms with E-state index in [4.69, 9.17) is 5.73 Å². The molecule has 20 heavy (non-hydrogen) atoms. The summed E-state index contributed by atoms with van der Waals surface area (Å²) in [6.45, 7) is 0.376. The van der Waals surface area contributed by atoms with Crippen LogP contribution < -0.4 is 16.4 Å². The predicted octanol–water partition coefficient (Wildman–Crippen LogP) is 0.803. The van der Waals surface area contributed by atoms with Crippen molar-refractivity contribution in [2.24, 2.45) is 5.92 Å². The molecule has 0 spiro atoms. The first-order chi connectivity index (χ1) is 9.49. The fourth-order valence-corrected chi connectivity index (χ4v) is 1.72. The van der Waals surface area contributed by atoms with Crippen LogP contribution in [0.25, 0.3) is 0 Å². The van der Waals surface area contributed by atoms with Crippen molar-refractivity contribution in [3.05, 3.63) is 29.3 Å². The molecule has 0 aliphatic heterocycles. The molecule has 1 fully saturated rings. The lowest BCUT2D eigenvalue weighted by atomic mass is 10.1. The summed E-state index contributed by atoms with van der Waals surface area (Å²) < 4.78 is 26.6. The topological polar surface area (TPSA) is 84.2 Å². The molecule has 4 N–H and O–H groups in total. The Morgan fingerprint density at radius 3 is 2.50 bits per heavy atom. The molecule has 1 saturated carbocycles. The lowest BCUT2D eigenvalue weighted by Crippen LogP contribution is -2.35. The van der Waals surface area contributed by atoms with E-state index in [1.807, 2.05) is 0 Å². The SMILES string of the molecule is Nc1cc(F)cc(C(=O)NCCNC(=O)C2CC2)c1F. The lowest BCUT2D eigenvalue weighted by molar-refractivity contribution is -0.122. The molecule has 1 aromatic rings. The van der Waals surface area contributed by atoms with E-state index in [1.165, 1.54) is 0 Å². The van der Waals surface area contributed by atoms with Crippen LogP contribution in [0.5, 0.6) is 0 Å². The van der Waals surface area contributed by atoms with Crippen molar-refractivity contribution < 1.29 is 18.4 Å². The quantitative estimate of drug-likeness (QED) is 0.552. The largest absolute Gasteiger partial charge is 0.396 e. The number of hydrogen-bond donors (Lipinski definition) is 3. The first-order valence-corrected chi connectivity index (χ1v) is 6.29. The van der Waals surface area contributed by atoms with E-state index in [2.05, 4.69) is 10.6 Å². The molecule has 108 valence electrons. The third-order valence-corrected chi connectivity index (χ3v) is 2.97. The minimum atomic E-state index is -0.953. The number of nitrogens with two attached hydrogens (primary N) is 1. The van der Waals surface area contributed by atoms with E-state index in [-0.39, 0.29) is 24.9 Å². The summed E-state index contributed by atoms with van der Waals surface area (Å²) >= 11 is 0. The second kappa shape index (κ2) is 5.85. The van der Waals surface area contributed by atoms with Crippen molar-refractivity contribution in [2.45, 2.75) is 12.8 Å². The number of benzene rings is 1. The lowest BCUT2D eigenvalue weighted by Gasteiger charge is -2.08. The van der Waals surface area contributed by atoms with Crippen LogP contribution in [0.3, 0.4) is 0 Å². The maximum Gasteiger partial charge on any atom is 0.254 e. The minimum absolute atomic E-state index is 0.0413. The monoisotopic (exact) mass is 283 g/mol. The normalized spacial score (nSPS) is 13.9. The van der Waals surface area contributed by atoms with Crippen LogP contribution in [0.15, 0.2) is 12.1 Å². The Bertz CT molecular complexity index is 545. The van der Waals surface area contributed by atoms with Gasteiger partial charge in [-0.15, -0.1) is 0 Å². The van der Waals surface area contributed by atoms with Gasteiger partial charge < -0.3 is 16.4 Å². The Morgan fingerprint density at radius 1 is 1.20 bits per heavy atom. The number of nitrogen functional groups attached to an aromatic ring is 1. The van der Waals surface area contributed by atoms with E-state index in [0.717, 1.165) is 25.0 Å². The van der Waals surface area contributed by atoms with Crippen LogP contribution in [-0.2, 0) is 4.79 Å². The van der Waals surface area contributed by atoms with E-state index in [0.29, 0.717) is 0 Å². The van der Waals surface area contributed by atoms with Gasteiger partial charge in [-0.05, 0) is 25.0 Å². The molecule has 0 saturated heterocycles. The summed E-state index contributed by atoms with van der Waals surface area (Å²) in [6, 6.07) is 1.59. The van der Waals surface area contributed by atoms with Crippen molar-refractivity contribution in [1.29, 1.82) is 0 Å². The highest BCUT2D eigenvalue weighted by Gasteiger charge is 2.29. The van der Waals surface area contributed by atoms with Crippen molar-refractivity contribution >= 4 is 17.5 Å². The molecule has 2 rings (SSSR count). The van der Waals surface area contributed by atoms with Crippen LogP contribution in [0, 0.1) is 17.6 Å². The van der Waals surface area contributed by atoms with E-state index >= 15 is 0 Å². The molecule has 2 amide bonds. The number of rotatable bonds is 5. The summed E-state index contributed by atoms with van der Waals surface area (Å²) in [7, 11) is 0. The Kier molecular flexibility index (Phi) is 4.16. The van der Waals surface area contributed by atoms with Gasteiger partial charge in [0.05, 0.1) is 11.3 Å². The maximum absolute atomic E-state index is 13.6.